The summed E-state index contributed by atoms with van der Waals surface area (Å²) in [5.74, 6) is 1.09. The van der Waals surface area contributed by atoms with E-state index < -0.39 is 0 Å². The molecule has 154 valence electrons. The van der Waals surface area contributed by atoms with Crippen molar-refractivity contribution in [1.82, 2.24) is 9.97 Å². The Labute approximate surface area is 170 Å². The van der Waals surface area contributed by atoms with E-state index in [1.54, 1.807) is 6.07 Å². The van der Waals surface area contributed by atoms with Gasteiger partial charge in [0, 0.05) is 37.9 Å². The summed E-state index contributed by atoms with van der Waals surface area (Å²) in [6.45, 7) is 9.58. The maximum Gasteiger partial charge on any atom is 0.274 e. The van der Waals surface area contributed by atoms with Gasteiger partial charge in [0.1, 0.15) is 11.5 Å². The molecule has 8 heteroatoms. The first kappa shape index (κ1) is 19.6. The van der Waals surface area contributed by atoms with Crippen molar-refractivity contribution < 1.29 is 14.3 Å². The third-order valence-corrected chi connectivity index (χ3v) is 5.33. The fraction of sp³-hybridized carbons (Fsp3) is 0.476. The van der Waals surface area contributed by atoms with Crippen molar-refractivity contribution in [2.24, 2.45) is 0 Å². The zero-order valence-electron chi connectivity index (χ0n) is 17.0. The van der Waals surface area contributed by atoms with Crippen LogP contribution in [-0.2, 0) is 9.47 Å². The lowest BCUT2D eigenvalue weighted by Gasteiger charge is -2.31. The van der Waals surface area contributed by atoms with Crippen molar-refractivity contribution in [2.45, 2.75) is 13.8 Å². The van der Waals surface area contributed by atoms with Crippen LogP contribution < -0.4 is 15.1 Å². The number of morpholine rings is 2. The van der Waals surface area contributed by atoms with Crippen LogP contribution in [0.3, 0.4) is 0 Å². The van der Waals surface area contributed by atoms with E-state index in [-0.39, 0.29) is 5.91 Å². The molecule has 0 spiro atoms. The number of hydrogen-bond acceptors (Lipinski definition) is 7. The number of aryl methyl sites for hydroxylation is 2. The van der Waals surface area contributed by atoms with Gasteiger partial charge < -0.3 is 24.6 Å². The first-order valence-corrected chi connectivity index (χ1v) is 10.0. The molecule has 0 aliphatic carbocycles. The Balaban J connectivity index is 1.62. The Morgan fingerprint density at radius 3 is 2.21 bits per heavy atom. The Morgan fingerprint density at radius 1 is 0.897 bits per heavy atom. The Kier molecular flexibility index (Phi) is 5.92. The first-order chi connectivity index (χ1) is 14.1. The number of anilines is 3. The molecular formula is C21H27N5O3. The number of carbonyl (C=O) groups excluding carboxylic acids is 1. The molecule has 4 rings (SSSR count). The topological polar surface area (TPSA) is 79.8 Å². The molecule has 2 aliphatic rings. The average molecular weight is 397 g/mol. The summed E-state index contributed by atoms with van der Waals surface area (Å²) in [5, 5.41) is 2.97. The lowest BCUT2D eigenvalue weighted by molar-refractivity contribution is 0.102. The predicted molar refractivity (Wildman–Crippen MR) is 112 cm³/mol. The van der Waals surface area contributed by atoms with Gasteiger partial charge in [-0.05, 0) is 37.1 Å². The molecule has 2 saturated heterocycles. The van der Waals surface area contributed by atoms with E-state index in [4.69, 9.17) is 14.5 Å². The van der Waals surface area contributed by atoms with Gasteiger partial charge in [-0.1, -0.05) is 6.07 Å². The molecule has 0 unspecified atom stereocenters. The number of nitrogens with one attached hydrogen (secondary N) is 1. The van der Waals surface area contributed by atoms with Crippen molar-refractivity contribution >= 4 is 23.4 Å². The highest BCUT2D eigenvalue weighted by atomic mass is 16.5. The van der Waals surface area contributed by atoms with Gasteiger partial charge in [-0.15, -0.1) is 0 Å². The number of carbonyl (C=O) groups is 1. The summed E-state index contributed by atoms with van der Waals surface area (Å²) in [6.07, 6.45) is 0. The van der Waals surface area contributed by atoms with Gasteiger partial charge in [-0.25, -0.2) is 4.98 Å². The van der Waals surface area contributed by atoms with E-state index in [1.165, 1.54) is 5.56 Å². The van der Waals surface area contributed by atoms with Gasteiger partial charge >= 0.3 is 0 Å². The SMILES string of the molecule is Cc1ccc(NC(=O)c2cc(N3CCOCC3)nc(N3CCOCC3)n2)cc1C. The fourth-order valence-corrected chi connectivity index (χ4v) is 3.41. The van der Waals surface area contributed by atoms with E-state index in [2.05, 4.69) is 27.0 Å². The summed E-state index contributed by atoms with van der Waals surface area (Å²) in [7, 11) is 0. The molecule has 2 aliphatic heterocycles. The minimum absolute atomic E-state index is 0.236. The normalized spacial score (nSPS) is 17.3. The largest absolute Gasteiger partial charge is 0.378 e. The molecule has 29 heavy (non-hydrogen) atoms. The van der Waals surface area contributed by atoms with Crippen LogP contribution in [0, 0.1) is 13.8 Å². The average Bonchev–Trinajstić information content (AvgIpc) is 2.77. The number of benzene rings is 1. The maximum absolute atomic E-state index is 13.0. The van der Waals surface area contributed by atoms with Crippen molar-refractivity contribution in [3.05, 3.63) is 41.1 Å². The van der Waals surface area contributed by atoms with Gasteiger partial charge in [0.25, 0.3) is 5.91 Å². The summed E-state index contributed by atoms with van der Waals surface area (Å²) < 4.78 is 10.9. The molecule has 0 bridgehead atoms. The van der Waals surface area contributed by atoms with Gasteiger partial charge in [-0.3, -0.25) is 4.79 Å². The summed E-state index contributed by atoms with van der Waals surface area (Å²) >= 11 is 0. The summed E-state index contributed by atoms with van der Waals surface area (Å²) in [4.78, 5) is 26.5. The Morgan fingerprint density at radius 2 is 1.55 bits per heavy atom. The molecule has 1 N–H and O–H groups in total. The molecule has 1 aromatic heterocycles. The smallest absolute Gasteiger partial charge is 0.274 e. The molecule has 1 amide bonds. The van der Waals surface area contributed by atoms with E-state index in [1.807, 2.05) is 25.1 Å². The standard InChI is InChI=1S/C21H27N5O3/c1-15-3-4-17(13-16(15)2)22-20(27)18-14-19(25-5-9-28-10-6-25)24-21(23-18)26-7-11-29-12-8-26/h3-4,13-14H,5-12H2,1-2H3,(H,22,27). The molecule has 3 heterocycles. The van der Waals surface area contributed by atoms with Crippen molar-refractivity contribution in [3.8, 4) is 0 Å². The van der Waals surface area contributed by atoms with Crippen LogP contribution in [0.4, 0.5) is 17.5 Å². The third-order valence-electron chi connectivity index (χ3n) is 5.33. The number of hydrogen-bond donors (Lipinski definition) is 1. The molecule has 0 radical (unpaired) electrons. The third kappa shape index (κ3) is 4.65. The van der Waals surface area contributed by atoms with Crippen LogP contribution in [0.1, 0.15) is 21.6 Å². The second-order valence-corrected chi connectivity index (χ2v) is 7.36. The predicted octanol–water partition coefficient (Wildman–Crippen LogP) is 2.02. The zero-order valence-corrected chi connectivity index (χ0v) is 17.0. The van der Waals surface area contributed by atoms with Crippen molar-refractivity contribution in [3.63, 3.8) is 0 Å². The van der Waals surface area contributed by atoms with Crippen LogP contribution in [0.5, 0.6) is 0 Å². The van der Waals surface area contributed by atoms with Crippen LogP contribution >= 0.6 is 0 Å². The minimum atomic E-state index is -0.236. The second kappa shape index (κ2) is 8.75. The molecule has 1 aromatic carbocycles. The molecule has 2 fully saturated rings. The van der Waals surface area contributed by atoms with Gasteiger partial charge in [0.15, 0.2) is 0 Å². The number of aromatic nitrogens is 2. The summed E-state index contributed by atoms with van der Waals surface area (Å²) in [5.41, 5.74) is 3.45. The highest BCUT2D eigenvalue weighted by molar-refractivity contribution is 6.03. The van der Waals surface area contributed by atoms with Gasteiger partial charge in [-0.2, -0.15) is 4.98 Å². The summed E-state index contributed by atoms with van der Waals surface area (Å²) in [6, 6.07) is 7.66. The van der Waals surface area contributed by atoms with Gasteiger partial charge in [0.2, 0.25) is 5.95 Å². The maximum atomic E-state index is 13.0. The van der Waals surface area contributed by atoms with E-state index >= 15 is 0 Å². The van der Waals surface area contributed by atoms with Crippen molar-refractivity contribution in [1.29, 1.82) is 0 Å². The molecule has 8 nitrogen and oxygen atoms in total. The number of ether oxygens (including phenoxy) is 2. The van der Waals surface area contributed by atoms with E-state index in [0.29, 0.717) is 51.2 Å². The number of rotatable bonds is 4. The number of amides is 1. The van der Waals surface area contributed by atoms with Crippen molar-refractivity contribution in [2.75, 3.05) is 67.7 Å². The highest BCUT2D eigenvalue weighted by Gasteiger charge is 2.21. The van der Waals surface area contributed by atoms with Crippen LogP contribution in [0.25, 0.3) is 0 Å². The van der Waals surface area contributed by atoms with Gasteiger partial charge in [0.05, 0.1) is 26.4 Å². The van der Waals surface area contributed by atoms with Crippen LogP contribution in [0.15, 0.2) is 24.3 Å². The Bertz CT molecular complexity index is 840. The Hall–Kier alpha value is -2.71. The molecule has 0 saturated carbocycles. The zero-order chi connectivity index (χ0) is 20.2. The van der Waals surface area contributed by atoms with Crippen LogP contribution in [-0.4, -0.2) is 68.5 Å². The monoisotopic (exact) mass is 397 g/mol. The minimum Gasteiger partial charge on any atom is -0.378 e. The molecule has 2 aromatic rings. The second-order valence-electron chi connectivity index (χ2n) is 7.36. The fourth-order valence-electron chi connectivity index (χ4n) is 3.41. The van der Waals surface area contributed by atoms with E-state index in [9.17, 15) is 4.79 Å². The molecular weight excluding hydrogens is 370 g/mol. The molecule has 0 atom stereocenters. The highest BCUT2D eigenvalue weighted by Crippen LogP contribution is 2.21. The number of nitrogens with zero attached hydrogens (tertiary/aromatic N) is 4. The quantitative estimate of drug-likeness (QED) is 0.845. The van der Waals surface area contributed by atoms with Crippen LogP contribution in [0.2, 0.25) is 0 Å². The lowest BCUT2D eigenvalue weighted by atomic mass is 10.1. The van der Waals surface area contributed by atoms with E-state index in [0.717, 1.165) is 30.2 Å². The first-order valence-electron chi connectivity index (χ1n) is 10.0. The lowest BCUT2D eigenvalue weighted by Crippen LogP contribution is -2.40.